The maximum atomic E-state index is 6.79. The van der Waals surface area contributed by atoms with Gasteiger partial charge in [0.05, 0.1) is 6.21 Å². The second-order valence-electron chi connectivity index (χ2n) is 1.06. The Kier molecular flexibility index (Phi) is 0.602. The van der Waals surface area contributed by atoms with E-state index in [0.29, 0.717) is 12.5 Å². The lowest BCUT2D eigenvalue weighted by molar-refractivity contribution is 0.967. The number of nitrogens with zero attached hydrogens (tertiary/aromatic N) is 1. The summed E-state index contributed by atoms with van der Waals surface area (Å²) in [5.41, 5.74) is 0. The molecule has 0 aromatic rings. The van der Waals surface area contributed by atoms with Gasteiger partial charge in [0.25, 0.3) is 0 Å². The fourth-order valence-electron chi connectivity index (χ4n) is 0.313. The fraction of sp³-hybridized carbons (Fsp3) is 0.333. The van der Waals surface area contributed by atoms with Gasteiger partial charge in [-0.05, 0) is 0 Å². The number of rotatable bonds is 0. The first-order valence-electron chi connectivity index (χ1n) is 1.72. The molecule has 0 saturated carbocycles. The van der Waals surface area contributed by atoms with Crippen LogP contribution >= 0.6 is 0 Å². The lowest BCUT2D eigenvalue weighted by Crippen LogP contribution is -2.15. The molecule has 0 aromatic heterocycles. The first kappa shape index (κ1) is 3.33. The van der Waals surface area contributed by atoms with Crippen LogP contribution in [-0.4, -0.2) is 18.7 Å². The standard InChI is InChI=1S/C3H5N3/c4-3-1-5-2-6-3/h1H,2H2,(H2,4,6). The van der Waals surface area contributed by atoms with Crippen molar-refractivity contribution in [3.8, 4) is 0 Å². The van der Waals surface area contributed by atoms with Crippen molar-refractivity contribution in [1.29, 1.82) is 5.41 Å². The summed E-state index contributed by atoms with van der Waals surface area (Å²) >= 11 is 0. The lowest BCUT2D eigenvalue weighted by atomic mass is 10.7. The van der Waals surface area contributed by atoms with Gasteiger partial charge in [0.15, 0.2) is 0 Å². The molecule has 0 aliphatic carbocycles. The van der Waals surface area contributed by atoms with E-state index in [-0.39, 0.29) is 0 Å². The molecule has 0 bridgehead atoms. The molecule has 1 aliphatic heterocycles. The summed E-state index contributed by atoms with van der Waals surface area (Å²) in [6.07, 6.45) is 1.50. The summed E-state index contributed by atoms with van der Waals surface area (Å²) in [6.45, 7) is 0.582. The summed E-state index contributed by atoms with van der Waals surface area (Å²) < 4.78 is 0. The molecule has 0 radical (unpaired) electrons. The van der Waals surface area contributed by atoms with Crippen LogP contribution in [0.4, 0.5) is 0 Å². The molecule has 0 aromatic carbocycles. The van der Waals surface area contributed by atoms with Gasteiger partial charge in [-0.3, -0.25) is 10.4 Å². The molecule has 0 amide bonds. The Morgan fingerprint density at radius 2 is 2.83 bits per heavy atom. The van der Waals surface area contributed by atoms with Crippen LogP contribution in [-0.2, 0) is 0 Å². The van der Waals surface area contributed by atoms with Crippen molar-refractivity contribution < 1.29 is 0 Å². The van der Waals surface area contributed by atoms with Gasteiger partial charge >= 0.3 is 0 Å². The van der Waals surface area contributed by atoms with Gasteiger partial charge in [-0.15, -0.1) is 0 Å². The summed E-state index contributed by atoms with van der Waals surface area (Å²) in [4.78, 5) is 3.70. The maximum Gasteiger partial charge on any atom is 0.137 e. The second-order valence-corrected chi connectivity index (χ2v) is 1.06. The average molecular weight is 83.1 g/mol. The van der Waals surface area contributed by atoms with Crippen LogP contribution in [0.15, 0.2) is 4.99 Å². The van der Waals surface area contributed by atoms with Gasteiger partial charge in [-0.1, -0.05) is 0 Å². The Morgan fingerprint density at radius 3 is 3.00 bits per heavy atom. The number of hydrogen-bond acceptors (Lipinski definition) is 2. The Hall–Kier alpha value is -0.860. The molecule has 0 fully saturated rings. The molecular weight excluding hydrogens is 78.1 g/mol. The van der Waals surface area contributed by atoms with Gasteiger partial charge in [-0.25, -0.2) is 0 Å². The van der Waals surface area contributed by atoms with Crippen molar-refractivity contribution in [3.63, 3.8) is 0 Å². The normalized spacial score (nSPS) is 18.3. The van der Waals surface area contributed by atoms with E-state index in [0.717, 1.165) is 0 Å². The van der Waals surface area contributed by atoms with Crippen LogP contribution in [0, 0.1) is 5.41 Å². The molecular formula is C3H5N3. The van der Waals surface area contributed by atoms with Crippen LogP contribution < -0.4 is 5.32 Å². The van der Waals surface area contributed by atoms with Gasteiger partial charge in [0.2, 0.25) is 0 Å². The first-order chi connectivity index (χ1) is 2.89. The van der Waals surface area contributed by atoms with E-state index in [2.05, 4.69) is 10.3 Å². The molecule has 0 saturated heterocycles. The number of hydrogen-bond donors (Lipinski definition) is 2. The number of amidine groups is 1. The highest BCUT2D eigenvalue weighted by molar-refractivity contribution is 6.29. The summed E-state index contributed by atoms with van der Waals surface area (Å²) in [5, 5.41) is 9.47. The van der Waals surface area contributed by atoms with Crippen LogP contribution in [0.1, 0.15) is 0 Å². The monoisotopic (exact) mass is 83.0 g/mol. The topological polar surface area (TPSA) is 48.2 Å². The van der Waals surface area contributed by atoms with E-state index in [1.807, 2.05) is 0 Å². The molecule has 6 heavy (non-hydrogen) atoms. The van der Waals surface area contributed by atoms with Gasteiger partial charge in [0.1, 0.15) is 12.5 Å². The Labute approximate surface area is 35.6 Å². The summed E-state index contributed by atoms with van der Waals surface area (Å²) in [5.74, 6) is 0.412. The van der Waals surface area contributed by atoms with Crippen molar-refractivity contribution in [2.45, 2.75) is 0 Å². The van der Waals surface area contributed by atoms with Crippen LogP contribution in [0.3, 0.4) is 0 Å². The molecule has 3 nitrogen and oxygen atoms in total. The Morgan fingerprint density at radius 1 is 2.00 bits per heavy atom. The molecule has 0 spiro atoms. The molecule has 0 unspecified atom stereocenters. The average Bonchev–Trinajstić information content (AvgIpc) is 1.86. The molecule has 32 valence electrons. The summed E-state index contributed by atoms with van der Waals surface area (Å²) in [7, 11) is 0. The van der Waals surface area contributed by atoms with E-state index >= 15 is 0 Å². The van der Waals surface area contributed by atoms with Crippen molar-refractivity contribution in [2.24, 2.45) is 4.99 Å². The van der Waals surface area contributed by atoms with Crippen molar-refractivity contribution in [3.05, 3.63) is 0 Å². The smallest absolute Gasteiger partial charge is 0.137 e. The van der Waals surface area contributed by atoms with Gasteiger partial charge in [0, 0.05) is 0 Å². The molecule has 1 heterocycles. The minimum Gasteiger partial charge on any atom is -0.350 e. The zero-order valence-electron chi connectivity index (χ0n) is 3.23. The van der Waals surface area contributed by atoms with E-state index in [4.69, 9.17) is 5.41 Å². The minimum absolute atomic E-state index is 0.412. The maximum absolute atomic E-state index is 6.79. The van der Waals surface area contributed by atoms with Crippen LogP contribution in [0.5, 0.6) is 0 Å². The summed E-state index contributed by atoms with van der Waals surface area (Å²) in [6, 6.07) is 0. The third-order valence-electron chi connectivity index (χ3n) is 0.581. The van der Waals surface area contributed by atoms with Gasteiger partial charge < -0.3 is 5.32 Å². The highest BCUT2D eigenvalue weighted by Gasteiger charge is 1.92. The van der Waals surface area contributed by atoms with E-state index in [1.54, 1.807) is 0 Å². The second kappa shape index (κ2) is 1.08. The lowest BCUT2D eigenvalue weighted by Gasteiger charge is -1.82. The Bertz CT molecular complexity index is 94.2. The molecule has 2 N–H and O–H groups in total. The number of aliphatic imine (C=N–C) groups is 1. The molecule has 0 atom stereocenters. The molecule has 1 rings (SSSR count). The van der Waals surface area contributed by atoms with Crippen LogP contribution in [0.25, 0.3) is 0 Å². The minimum atomic E-state index is 0.412. The van der Waals surface area contributed by atoms with Crippen LogP contribution in [0.2, 0.25) is 0 Å². The fourth-order valence-corrected chi connectivity index (χ4v) is 0.313. The third kappa shape index (κ3) is 0.381. The molecule has 3 heteroatoms. The SMILES string of the molecule is N=C1C=NCN1. The number of nitrogens with one attached hydrogen (secondary N) is 2. The van der Waals surface area contributed by atoms with E-state index in [9.17, 15) is 0 Å². The van der Waals surface area contributed by atoms with Crippen molar-refractivity contribution in [1.82, 2.24) is 5.32 Å². The third-order valence-corrected chi connectivity index (χ3v) is 0.581. The van der Waals surface area contributed by atoms with E-state index < -0.39 is 0 Å². The zero-order chi connectivity index (χ0) is 4.41. The highest BCUT2D eigenvalue weighted by atomic mass is 15.1. The zero-order valence-corrected chi connectivity index (χ0v) is 3.23. The highest BCUT2D eigenvalue weighted by Crippen LogP contribution is 1.71. The van der Waals surface area contributed by atoms with E-state index in [1.165, 1.54) is 6.21 Å². The Balaban J connectivity index is 2.59. The van der Waals surface area contributed by atoms with Gasteiger partial charge in [-0.2, -0.15) is 0 Å². The largest absolute Gasteiger partial charge is 0.350 e. The quantitative estimate of drug-likeness (QED) is 0.411. The first-order valence-corrected chi connectivity index (χ1v) is 1.72. The predicted octanol–water partition coefficient (Wildman–Crippen LogP) is -0.405. The van der Waals surface area contributed by atoms with Crippen molar-refractivity contribution in [2.75, 3.05) is 6.67 Å². The molecule has 1 aliphatic rings. The predicted molar refractivity (Wildman–Crippen MR) is 24.2 cm³/mol. The van der Waals surface area contributed by atoms with Crippen molar-refractivity contribution >= 4 is 12.1 Å².